The van der Waals surface area contributed by atoms with E-state index in [1.807, 2.05) is 42.5 Å². The molecule has 0 unspecified atom stereocenters. The third-order valence-electron chi connectivity index (χ3n) is 3.62. The quantitative estimate of drug-likeness (QED) is 0.714. The normalized spacial score (nSPS) is 9.96. The average Bonchev–Trinajstić information content (AvgIpc) is 2.62. The van der Waals surface area contributed by atoms with Crippen molar-refractivity contribution in [1.82, 2.24) is 4.98 Å². The van der Waals surface area contributed by atoms with E-state index in [0.717, 1.165) is 21.2 Å². The van der Waals surface area contributed by atoms with Gasteiger partial charge < -0.3 is 5.73 Å². The van der Waals surface area contributed by atoms with Crippen molar-refractivity contribution in [3.8, 4) is 34.5 Å². The lowest BCUT2D eigenvalue weighted by atomic mass is 9.98. The summed E-state index contributed by atoms with van der Waals surface area (Å²) in [6.07, 6.45) is 0. The summed E-state index contributed by atoms with van der Waals surface area (Å²) in [4.78, 5) is 4.34. The number of hydrogen-bond donors (Lipinski definition) is 1. The Morgan fingerprint density at radius 2 is 1.50 bits per heavy atom. The standard InChI is InChI=1S/C19H11BrN4/c20-15-7-5-13(6-8-15)16-9-18(24-19(23)17(16)11-22)14-3-1-12(10-21)2-4-14/h1-9H,(H2,23,24). The molecule has 0 radical (unpaired) electrons. The highest BCUT2D eigenvalue weighted by molar-refractivity contribution is 9.10. The number of nitrogen functional groups attached to an aromatic ring is 1. The van der Waals surface area contributed by atoms with E-state index < -0.39 is 0 Å². The summed E-state index contributed by atoms with van der Waals surface area (Å²) >= 11 is 3.40. The number of aromatic nitrogens is 1. The van der Waals surface area contributed by atoms with Gasteiger partial charge in [0.25, 0.3) is 0 Å². The summed E-state index contributed by atoms with van der Waals surface area (Å²) in [5.74, 6) is 0.192. The van der Waals surface area contributed by atoms with Crippen LogP contribution in [0.15, 0.2) is 59.1 Å². The highest BCUT2D eigenvalue weighted by Gasteiger charge is 2.13. The van der Waals surface area contributed by atoms with Gasteiger partial charge in [0.1, 0.15) is 17.5 Å². The van der Waals surface area contributed by atoms with E-state index >= 15 is 0 Å². The number of nitrogens with zero attached hydrogens (tertiary/aromatic N) is 3. The van der Waals surface area contributed by atoms with Crippen molar-refractivity contribution in [2.75, 3.05) is 5.73 Å². The van der Waals surface area contributed by atoms with Gasteiger partial charge >= 0.3 is 0 Å². The van der Waals surface area contributed by atoms with Crippen molar-refractivity contribution < 1.29 is 0 Å². The van der Waals surface area contributed by atoms with E-state index in [0.29, 0.717) is 16.8 Å². The SMILES string of the molecule is N#Cc1ccc(-c2cc(-c3ccc(Br)cc3)c(C#N)c(N)n2)cc1. The van der Waals surface area contributed by atoms with E-state index in [1.54, 1.807) is 12.1 Å². The second-order valence-corrected chi connectivity index (χ2v) is 6.04. The van der Waals surface area contributed by atoms with Crippen LogP contribution in [0.2, 0.25) is 0 Å². The van der Waals surface area contributed by atoms with Crippen LogP contribution in [0, 0.1) is 22.7 Å². The van der Waals surface area contributed by atoms with E-state index in [-0.39, 0.29) is 5.82 Å². The average molecular weight is 375 g/mol. The molecule has 3 aromatic rings. The van der Waals surface area contributed by atoms with Crippen LogP contribution in [0.25, 0.3) is 22.4 Å². The molecule has 4 nitrogen and oxygen atoms in total. The largest absolute Gasteiger partial charge is 0.383 e. The second kappa shape index (κ2) is 6.54. The Morgan fingerprint density at radius 1 is 0.875 bits per heavy atom. The molecule has 0 aliphatic rings. The van der Waals surface area contributed by atoms with Crippen molar-refractivity contribution in [2.24, 2.45) is 0 Å². The molecule has 0 saturated heterocycles. The Bertz CT molecular complexity index is 978. The van der Waals surface area contributed by atoms with Crippen LogP contribution in [-0.2, 0) is 0 Å². The van der Waals surface area contributed by atoms with Crippen molar-refractivity contribution in [1.29, 1.82) is 10.5 Å². The van der Waals surface area contributed by atoms with Gasteiger partial charge in [0.15, 0.2) is 0 Å². The van der Waals surface area contributed by atoms with E-state index in [4.69, 9.17) is 11.0 Å². The maximum Gasteiger partial charge on any atom is 0.142 e. The first-order valence-electron chi connectivity index (χ1n) is 7.09. The smallest absolute Gasteiger partial charge is 0.142 e. The fourth-order valence-corrected chi connectivity index (χ4v) is 2.67. The van der Waals surface area contributed by atoms with Crippen LogP contribution in [0.3, 0.4) is 0 Å². The maximum absolute atomic E-state index is 9.43. The fourth-order valence-electron chi connectivity index (χ4n) is 2.40. The van der Waals surface area contributed by atoms with Crippen molar-refractivity contribution in [3.05, 3.63) is 70.2 Å². The first-order valence-corrected chi connectivity index (χ1v) is 7.89. The highest BCUT2D eigenvalue weighted by atomic mass is 79.9. The Kier molecular flexibility index (Phi) is 4.29. The molecule has 0 atom stereocenters. The van der Waals surface area contributed by atoms with Crippen LogP contribution in [0.5, 0.6) is 0 Å². The zero-order chi connectivity index (χ0) is 17.1. The van der Waals surface area contributed by atoms with Gasteiger partial charge in [-0.1, -0.05) is 40.2 Å². The first-order chi connectivity index (χ1) is 11.6. The van der Waals surface area contributed by atoms with Gasteiger partial charge in [-0.2, -0.15) is 10.5 Å². The summed E-state index contributed by atoms with van der Waals surface area (Å²) < 4.78 is 0.958. The molecule has 1 aromatic heterocycles. The molecule has 0 fully saturated rings. The molecule has 0 bridgehead atoms. The summed E-state index contributed by atoms with van der Waals surface area (Å²) in [7, 11) is 0. The van der Waals surface area contributed by atoms with Crippen LogP contribution in [-0.4, -0.2) is 4.98 Å². The minimum absolute atomic E-state index is 0.192. The monoisotopic (exact) mass is 374 g/mol. The molecule has 5 heteroatoms. The second-order valence-electron chi connectivity index (χ2n) is 5.12. The number of hydrogen-bond acceptors (Lipinski definition) is 4. The van der Waals surface area contributed by atoms with E-state index in [9.17, 15) is 5.26 Å². The molecule has 0 aliphatic heterocycles. The molecule has 114 valence electrons. The number of rotatable bonds is 2. The number of benzene rings is 2. The van der Waals surface area contributed by atoms with Crippen LogP contribution in [0.1, 0.15) is 11.1 Å². The lowest BCUT2D eigenvalue weighted by molar-refractivity contribution is 1.31. The predicted molar refractivity (Wildman–Crippen MR) is 96.7 cm³/mol. The van der Waals surface area contributed by atoms with Crippen molar-refractivity contribution in [2.45, 2.75) is 0 Å². The zero-order valence-corrected chi connectivity index (χ0v) is 14.1. The first kappa shape index (κ1) is 15.7. The van der Waals surface area contributed by atoms with Gasteiger partial charge in [0.05, 0.1) is 17.3 Å². The highest BCUT2D eigenvalue weighted by Crippen LogP contribution is 2.31. The van der Waals surface area contributed by atoms with Gasteiger partial charge in [0, 0.05) is 15.6 Å². The molecule has 2 N–H and O–H groups in total. The zero-order valence-electron chi connectivity index (χ0n) is 12.5. The van der Waals surface area contributed by atoms with Gasteiger partial charge in [0.2, 0.25) is 0 Å². The van der Waals surface area contributed by atoms with E-state index in [2.05, 4.69) is 33.1 Å². The fraction of sp³-hybridized carbons (Fsp3) is 0. The number of nitriles is 2. The van der Waals surface area contributed by atoms with Gasteiger partial charge in [-0.25, -0.2) is 4.98 Å². The lowest BCUT2D eigenvalue weighted by Crippen LogP contribution is -1.99. The molecule has 0 spiro atoms. The number of anilines is 1. The minimum atomic E-state index is 0.192. The number of pyridine rings is 1. The molecule has 2 aromatic carbocycles. The summed E-state index contributed by atoms with van der Waals surface area (Å²) in [6.45, 7) is 0. The molecule has 0 amide bonds. The third-order valence-corrected chi connectivity index (χ3v) is 4.15. The molecule has 0 saturated carbocycles. The number of nitrogens with two attached hydrogens (primary N) is 1. The third kappa shape index (κ3) is 2.99. The van der Waals surface area contributed by atoms with E-state index in [1.165, 1.54) is 0 Å². The predicted octanol–water partition coefficient (Wildman–Crippen LogP) is 4.50. The Labute approximate surface area is 147 Å². The van der Waals surface area contributed by atoms with Gasteiger partial charge in [-0.3, -0.25) is 0 Å². The molecular formula is C19H11BrN4. The summed E-state index contributed by atoms with van der Waals surface area (Å²) in [5.41, 5.74) is 10.1. The van der Waals surface area contributed by atoms with Crippen LogP contribution < -0.4 is 5.73 Å². The number of halogens is 1. The van der Waals surface area contributed by atoms with Crippen molar-refractivity contribution >= 4 is 21.7 Å². The van der Waals surface area contributed by atoms with Crippen molar-refractivity contribution in [3.63, 3.8) is 0 Å². The molecular weight excluding hydrogens is 364 g/mol. The Hall–Kier alpha value is -3.15. The summed E-state index contributed by atoms with van der Waals surface area (Å²) in [5, 5.41) is 18.3. The minimum Gasteiger partial charge on any atom is -0.383 e. The molecule has 24 heavy (non-hydrogen) atoms. The molecule has 1 heterocycles. The Balaban J connectivity index is 2.18. The van der Waals surface area contributed by atoms with Crippen LogP contribution in [0.4, 0.5) is 5.82 Å². The van der Waals surface area contributed by atoms with Gasteiger partial charge in [-0.15, -0.1) is 0 Å². The lowest BCUT2D eigenvalue weighted by Gasteiger charge is -2.10. The van der Waals surface area contributed by atoms with Gasteiger partial charge in [-0.05, 0) is 35.9 Å². The molecule has 0 aliphatic carbocycles. The Morgan fingerprint density at radius 3 is 2.08 bits per heavy atom. The maximum atomic E-state index is 9.43. The topological polar surface area (TPSA) is 86.5 Å². The molecule has 3 rings (SSSR count). The summed E-state index contributed by atoms with van der Waals surface area (Å²) in [6, 6.07) is 20.8. The van der Waals surface area contributed by atoms with Crippen LogP contribution >= 0.6 is 15.9 Å².